The van der Waals surface area contributed by atoms with E-state index in [-0.39, 0.29) is 11.8 Å². The maximum absolute atomic E-state index is 12.3. The summed E-state index contributed by atoms with van der Waals surface area (Å²) in [5.41, 5.74) is 2.77. The number of methoxy groups -OCH3 is 1. The van der Waals surface area contributed by atoms with Crippen molar-refractivity contribution in [1.82, 2.24) is 0 Å². The molecule has 1 amide bonds. The van der Waals surface area contributed by atoms with Crippen LogP contribution in [-0.4, -0.2) is 26.2 Å². The van der Waals surface area contributed by atoms with Crippen molar-refractivity contribution >= 4 is 11.6 Å². The molecule has 5 heteroatoms. The summed E-state index contributed by atoms with van der Waals surface area (Å²) in [5, 5.41) is 2.95. The van der Waals surface area contributed by atoms with Crippen LogP contribution in [0.1, 0.15) is 37.3 Å². The van der Waals surface area contributed by atoms with Crippen molar-refractivity contribution in [3.8, 4) is 17.2 Å². The molecule has 2 aromatic carbocycles. The molecule has 2 aromatic rings. The number of nitrogens with one attached hydrogen (secondary N) is 1. The summed E-state index contributed by atoms with van der Waals surface area (Å²) in [6, 6.07) is 11.6. The normalized spacial score (nSPS) is 16.0. The van der Waals surface area contributed by atoms with Gasteiger partial charge in [0.1, 0.15) is 5.75 Å². The van der Waals surface area contributed by atoms with Gasteiger partial charge < -0.3 is 19.5 Å². The average Bonchev–Trinajstić information content (AvgIpc) is 2.62. The largest absolute Gasteiger partial charge is 0.496 e. The topological polar surface area (TPSA) is 56.8 Å². The summed E-state index contributed by atoms with van der Waals surface area (Å²) in [7, 11) is 1.65. The van der Waals surface area contributed by atoms with Gasteiger partial charge in [0.15, 0.2) is 11.5 Å². The summed E-state index contributed by atoms with van der Waals surface area (Å²) in [4.78, 5) is 12.3. The number of hydrogen-bond donors (Lipinski definition) is 1. The van der Waals surface area contributed by atoms with E-state index in [1.54, 1.807) is 7.11 Å². The van der Waals surface area contributed by atoms with Gasteiger partial charge in [-0.05, 0) is 31.5 Å². The van der Waals surface area contributed by atoms with Crippen molar-refractivity contribution < 1.29 is 19.0 Å². The van der Waals surface area contributed by atoms with Gasteiger partial charge in [-0.2, -0.15) is 0 Å². The molecule has 0 aliphatic carbocycles. The van der Waals surface area contributed by atoms with Gasteiger partial charge in [-0.25, -0.2) is 0 Å². The van der Waals surface area contributed by atoms with Gasteiger partial charge in [-0.15, -0.1) is 0 Å². The fraction of sp³-hybridized carbons (Fsp3) is 0.350. The first-order valence-corrected chi connectivity index (χ1v) is 8.54. The minimum atomic E-state index is -0.0882. The third-order valence-corrected chi connectivity index (χ3v) is 4.27. The van der Waals surface area contributed by atoms with Gasteiger partial charge in [0.2, 0.25) is 5.91 Å². The second-order valence-corrected chi connectivity index (χ2v) is 5.80. The van der Waals surface area contributed by atoms with Crippen molar-refractivity contribution in [2.24, 2.45) is 0 Å². The molecule has 0 saturated carbocycles. The van der Waals surface area contributed by atoms with Gasteiger partial charge in [0.05, 0.1) is 20.3 Å². The molecule has 1 aliphatic heterocycles. The van der Waals surface area contributed by atoms with E-state index >= 15 is 0 Å². The van der Waals surface area contributed by atoms with E-state index in [1.807, 2.05) is 50.2 Å². The van der Waals surface area contributed by atoms with E-state index in [4.69, 9.17) is 14.2 Å². The molecular weight excluding hydrogens is 318 g/mol. The molecule has 25 heavy (non-hydrogen) atoms. The first-order valence-electron chi connectivity index (χ1n) is 8.54. The molecule has 1 unspecified atom stereocenters. The highest BCUT2D eigenvalue weighted by atomic mass is 16.5. The molecule has 3 rings (SSSR count). The van der Waals surface area contributed by atoms with Crippen LogP contribution in [0.4, 0.5) is 5.69 Å². The lowest BCUT2D eigenvalue weighted by atomic mass is 9.84. The molecular formula is C20H23NO4. The van der Waals surface area contributed by atoms with E-state index in [1.165, 1.54) is 0 Å². The Kier molecular flexibility index (Phi) is 5.12. The second-order valence-electron chi connectivity index (χ2n) is 5.80. The Bertz CT molecular complexity index is 772. The lowest BCUT2D eigenvalue weighted by Gasteiger charge is -2.28. The minimum absolute atomic E-state index is 0.0185. The van der Waals surface area contributed by atoms with Gasteiger partial charge >= 0.3 is 0 Å². The molecule has 0 bridgehead atoms. The van der Waals surface area contributed by atoms with E-state index in [2.05, 4.69) is 5.32 Å². The van der Waals surface area contributed by atoms with Crippen molar-refractivity contribution in [3.05, 3.63) is 47.5 Å². The fourth-order valence-electron chi connectivity index (χ4n) is 3.24. The van der Waals surface area contributed by atoms with Crippen molar-refractivity contribution in [2.75, 3.05) is 25.6 Å². The zero-order valence-corrected chi connectivity index (χ0v) is 14.8. The fourth-order valence-corrected chi connectivity index (χ4v) is 3.24. The number of benzene rings is 2. The van der Waals surface area contributed by atoms with Crippen LogP contribution >= 0.6 is 0 Å². The Balaban J connectivity index is 2.13. The van der Waals surface area contributed by atoms with Crippen LogP contribution in [0.15, 0.2) is 36.4 Å². The molecule has 0 saturated heterocycles. The number of carbonyl (C=O) groups excluding carboxylic acids is 1. The number of rotatable bonds is 6. The molecule has 0 aromatic heterocycles. The van der Waals surface area contributed by atoms with Gasteiger partial charge in [0.25, 0.3) is 0 Å². The highest BCUT2D eigenvalue weighted by Crippen LogP contribution is 2.45. The highest BCUT2D eigenvalue weighted by molar-refractivity contribution is 5.96. The summed E-state index contributed by atoms with van der Waals surface area (Å²) in [6.07, 6.45) is 0.368. The number of fused-ring (bicyclic) bond motifs is 1. The number of hydrogen-bond acceptors (Lipinski definition) is 4. The standard InChI is InChI=1S/C20H23NO4/c1-4-24-18-10-15-14(13-8-6-7-9-17(13)23-3)11-20(22)21-16(15)12-19(18)25-5-2/h6-10,12,14H,4-5,11H2,1-3H3,(H,21,22). The molecule has 1 heterocycles. The van der Waals surface area contributed by atoms with E-state index < -0.39 is 0 Å². The summed E-state index contributed by atoms with van der Waals surface area (Å²) in [5.74, 6) is 2.01. The van der Waals surface area contributed by atoms with E-state index in [9.17, 15) is 4.79 Å². The predicted octanol–water partition coefficient (Wildman–Crippen LogP) is 3.97. The number of carbonyl (C=O) groups is 1. The monoisotopic (exact) mass is 341 g/mol. The van der Waals surface area contributed by atoms with Crippen LogP contribution < -0.4 is 19.5 Å². The number of para-hydroxylation sites is 1. The third-order valence-electron chi connectivity index (χ3n) is 4.27. The van der Waals surface area contributed by atoms with Crippen LogP contribution in [0.2, 0.25) is 0 Å². The van der Waals surface area contributed by atoms with Crippen LogP contribution in [0.25, 0.3) is 0 Å². The maximum Gasteiger partial charge on any atom is 0.225 e. The van der Waals surface area contributed by atoms with Crippen molar-refractivity contribution in [2.45, 2.75) is 26.2 Å². The minimum Gasteiger partial charge on any atom is -0.496 e. The van der Waals surface area contributed by atoms with Crippen LogP contribution in [0, 0.1) is 0 Å². The zero-order chi connectivity index (χ0) is 17.8. The Morgan fingerprint density at radius 1 is 1.00 bits per heavy atom. The van der Waals surface area contributed by atoms with Crippen molar-refractivity contribution in [1.29, 1.82) is 0 Å². The van der Waals surface area contributed by atoms with Gasteiger partial charge in [0, 0.05) is 29.7 Å². The zero-order valence-electron chi connectivity index (χ0n) is 14.8. The first-order chi connectivity index (χ1) is 12.2. The SMILES string of the molecule is CCOc1cc2c(cc1OCC)C(c1ccccc1OC)CC(=O)N2. The lowest BCUT2D eigenvalue weighted by molar-refractivity contribution is -0.116. The van der Waals surface area contributed by atoms with Crippen LogP contribution in [0.5, 0.6) is 17.2 Å². The Morgan fingerprint density at radius 3 is 2.36 bits per heavy atom. The Labute approximate surface area is 147 Å². The highest BCUT2D eigenvalue weighted by Gasteiger charge is 2.30. The quantitative estimate of drug-likeness (QED) is 0.864. The smallest absolute Gasteiger partial charge is 0.225 e. The molecule has 1 atom stereocenters. The summed E-state index contributed by atoms with van der Waals surface area (Å²) < 4.78 is 16.9. The molecule has 5 nitrogen and oxygen atoms in total. The van der Waals surface area contributed by atoms with E-state index in [0.717, 1.165) is 22.6 Å². The second kappa shape index (κ2) is 7.47. The lowest BCUT2D eigenvalue weighted by Crippen LogP contribution is -2.24. The van der Waals surface area contributed by atoms with Crippen molar-refractivity contribution in [3.63, 3.8) is 0 Å². The molecule has 0 radical (unpaired) electrons. The average molecular weight is 341 g/mol. The Morgan fingerprint density at radius 2 is 1.68 bits per heavy atom. The molecule has 1 aliphatic rings. The predicted molar refractivity (Wildman–Crippen MR) is 96.9 cm³/mol. The summed E-state index contributed by atoms with van der Waals surface area (Å²) in [6.45, 7) is 4.94. The third kappa shape index (κ3) is 3.40. The van der Waals surface area contributed by atoms with E-state index in [0.29, 0.717) is 31.1 Å². The number of ether oxygens (including phenoxy) is 3. The summed E-state index contributed by atoms with van der Waals surface area (Å²) >= 11 is 0. The molecule has 0 spiro atoms. The van der Waals surface area contributed by atoms with Crippen LogP contribution in [-0.2, 0) is 4.79 Å². The van der Waals surface area contributed by atoms with Gasteiger partial charge in [-0.3, -0.25) is 4.79 Å². The number of amides is 1. The first kappa shape index (κ1) is 17.1. The maximum atomic E-state index is 12.3. The Hall–Kier alpha value is -2.69. The number of anilines is 1. The molecule has 0 fully saturated rings. The molecule has 132 valence electrons. The van der Waals surface area contributed by atoms with Crippen LogP contribution in [0.3, 0.4) is 0 Å². The molecule has 1 N–H and O–H groups in total. The van der Waals surface area contributed by atoms with Gasteiger partial charge in [-0.1, -0.05) is 18.2 Å².